The molecule has 0 saturated carbocycles. The third-order valence-electron chi connectivity index (χ3n) is 3.79. The summed E-state index contributed by atoms with van der Waals surface area (Å²) < 4.78 is 18.2. The first-order chi connectivity index (χ1) is 10.2. The van der Waals surface area contributed by atoms with Crippen LogP contribution in [0.4, 0.5) is 4.39 Å². The fourth-order valence-corrected chi connectivity index (χ4v) is 2.58. The van der Waals surface area contributed by atoms with Crippen LogP contribution in [-0.4, -0.2) is 42.2 Å². The van der Waals surface area contributed by atoms with Crippen LogP contribution < -0.4 is 4.74 Å². The van der Waals surface area contributed by atoms with Crippen molar-refractivity contribution >= 4 is 5.91 Å². The molecule has 1 aliphatic heterocycles. The Bertz CT molecular complexity index is 449. The first-order valence-corrected chi connectivity index (χ1v) is 7.46. The minimum atomic E-state index is -0.288. The van der Waals surface area contributed by atoms with Crippen molar-refractivity contribution in [3.8, 4) is 5.75 Å². The van der Waals surface area contributed by atoms with Crippen LogP contribution in [0.25, 0.3) is 0 Å². The van der Waals surface area contributed by atoms with E-state index < -0.39 is 0 Å². The number of halogens is 1. The number of aliphatic hydroxyl groups excluding tert-OH is 1. The lowest BCUT2D eigenvalue weighted by molar-refractivity contribution is -0.130. The Kier molecular flexibility index (Phi) is 5.99. The Morgan fingerprint density at radius 2 is 2.14 bits per heavy atom. The summed E-state index contributed by atoms with van der Waals surface area (Å²) in [5.41, 5.74) is 0. The molecule has 1 atom stereocenters. The number of aliphatic hydroxyl groups is 1. The van der Waals surface area contributed by atoms with E-state index in [1.807, 2.05) is 4.90 Å². The lowest BCUT2D eigenvalue weighted by atomic mass is 10.1. The second-order valence-electron chi connectivity index (χ2n) is 5.41. The van der Waals surface area contributed by atoms with Gasteiger partial charge in [-0.25, -0.2) is 4.39 Å². The van der Waals surface area contributed by atoms with E-state index in [9.17, 15) is 9.18 Å². The van der Waals surface area contributed by atoms with Crippen molar-refractivity contribution in [2.24, 2.45) is 5.92 Å². The summed E-state index contributed by atoms with van der Waals surface area (Å²) in [5.74, 6) is 0.921. The maximum Gasteiger partial charge on any atom is 0.222 e. The fraction of sp³-hybridized carbons (Fsp3) is 0.562. The third-order valence-corrected chi connectivity index (χ3v) is 3.79. The molecule has 1 saturated heterocycles. The number of hydrogen-bond donors (Lipinski definition) is 1. The molecule has 2 rings (SSSR count). The molecule has 1 amide bonds. The normalized spacial score (nSPS) is 18.0. The Morgan fingerprint density at radius 3 is 2.86 bits per heavy atom. The van der Waals surface area contributed by atoms with Gasteiger partial charge in [0.25, 0.3) is 0 Å². The highest BCUT2D eigenvalue weighted by Gasteiger charge is 2.25. The standard InChI is InChI=1S/C16H22FNO3/c17-14-3-5-15(6-4-14)21-11-1-2-16(20)18-9-7-13(12-18)8-10-19/h3-6,13,19H,1-2,7-12H2. The van der Waals surface area contributed by atoms with Gasteiger partial charge in [0, 0.05) is 26.1 Å². The molecule has 0 aliphatic carbocycles. The number of benzene rings is 1. The average Bonchev–Trinajstić information content (AvgIpc) is 2.94. The molecule has 1 N–H and O–H groups in total. The predicted molar refractivity (Wildman–Crippen MR) is 77.5 cm³/mol. The molecule has 1 aliphatic rings. The first kappa shape index (κ1) is 15.8. The second kappa shape index (κ2) is 7.98. The molecule has 0 aromatic heterocycles. The van der Waals surface area contributed by atoms with Crippen LogP contribution in [-0.2, 0) is 4.79 Å². The number of likely N-dealkylation sites (tertiary alicyclic amines) is 1. The smallest absolute Gasteiger partial charge is 0.222 e. The van der Waals surface area contributed by atoms with E-state index in [0.717, 1.165) is 25.9 Å². The van der Waals surface area contributed by atoms with Gasteiger partial charge in [-0.1, -0.05) is 0 Å². The van der Waals surface area contributed by atoms with E-state index in [1.165, 1.54) is 12.1 Å². The molecule has 1 aromatic rings. The first-order valence-electron chi connectivity index (χ1n) is 7.46. The van der Waals surface area contributed by atoms with Gasteiger partial charge in [-0.3, -0.25) is 4.79 Å². The number of rotatable bonds is 7. The van der Waals surface area contributed by atoms with Gasteiger partial charge in [0.1, 0.15) is 11.6 Å². The van der Waals surface area contributed by atoms with Crippen molar-refractivity contribution in [1.29, 1.82) is 0 Å². The van der Waals surface area contributed by atoms with Gasteiger partial charge in [-0.2, -0.15) is 0 Å². The largest absolute Gasteiger partial charge is 0.494 e. The van der Waals surface area contributed by atoms with Crippen LogP contribution in [0.5, 0.6) is 5.75 Å². The van der Waals surface area contributed by atoms with Crippen molar-refractivity contribution < 1.29 is 19.0 Å². The summed E-state index contributed by atoms with van der Waals surface area (Å²) in [5, 5.41) is 8.91. The molecular weight excluding hydrogens is 273 g/mol. The van der Waals surface area contributed by atoms with Gasteiger partial charge >= 0.3 is 0 Å². The van der Waals surface area contributed by atoms with E-state index >= 15 is 0 Å². The minimum Gasteiger partial charge on any atom is -0.494 e. The Morgan fingerprint density at radius 1 is 1.38 bits per heavy atom. The monoisotopic (exact) mass is 295 g/mol. The van der Waals surface area contributed by atoms with Gasteiger partial charge in [0.2, 0.25) is 5.91 Å². The number of carbonyl (C=O) groups excluding carboxylic acids is 1. The Hall–Kier alpha value is -1.62. The number of amides is 1. The maximum atomic E-state index is 12.7. The number of ether oxygens (including phenoxy) is 1. The summed E-state index contributed by atoms with van der Waals surface area (Å²) in [6.07, 6.45) is 2.88. The van der Waals surface area contributed by atoms with Gasteiger partial charge in [-0.15, -0.1) is 0 Å². The number of carbonyl (C=O) groups is 1. The highest BCUT2D eigenvalue weighted by molar-refractivity contribution is 5.76. The molecule has 116 valence electrons. The SMILES string of the molecule is O=C(CCCOc1ccc(F)cc1)N1CCC(CCO)C1. The quantitative estimate of drug-likeness (QED) is 0.785. The molecule has 5 heteroatoms. The van der Waals surface area contributed by atoms with E-state index in [1.54, 1.807) is 12.1 Å². The van der Waals surface area contributed by atoms with E-state index in [0.29, 0.717) is 31.1 Å². The van der Waals surface area contributed by atoms with Crippen molar-refractivity contribution in [2.45, 2.75) is 25.7 Å². The van der Waals surface area contributed by atoms with Crippen molar-refractivity contribution in [2.75, 3.05) is 26.3 Å². The zero-order valence-electron chi connectivity index (χ0n) is 12.1. The average molecular weight is 295 g/mol. The van der Waals surface area contributed by atoms with Crippen LogP contribution in [0.3, 0.4) is 0 Å². The van der Waals surface area contributed by atoms with Crippen LogP contribution >= 0.6 is 0 Å². The molecule has 1 heterocycles. The van der Waals surface area contributed by atoms with Crippen LogP contribution in [0, 0.1) is 11.7 Å². The molecular formula is C16H22FNO3. The third kappa shape index (κ3) is 5.01. The Labute approximate surface area is 124 Å². The molecule has 21 heavy (non-hydrogen) atoms. The fourth-order valence-electron chi connectivity index (χ4n) is 2.58. The molecule has 1 aromatic carbocycles. The molecule has 1 unspecified atom stereocenters. The molecule has 0 radical (unpaired) electrons. The highest BCUT2D eigenvalue weighted by Crippen LogP contribution is 2.20. The summed E-state index contributed by atoms with van der Waals surface area (Å²) in [4.78, 5) is 13.9. The summed E-state index contributed by atoms with van der Waals surface area (Å²) in [6.45, 7) is 2.20. The zero-order chi connectivity index (χ0) is 15.1. The lowest BCUT2D eigenvalue weighted by Crippen LogP contribution is -2.28. The van der Waals surface area contributed by atoms with Crippen molar-refractivity contribution in [3.63, 3.8) is 0 Å². The highest BCUT2D eigenvalue weighted by atomic mass is 19.1. The lowest BCUT2D eigenvalue weighted by Gasteiger charge is -2.16. The van der Waals surface area contributed by atoms with E-state index in [2.05, 4.69) is 0 Å². The van der Waals surface area contributed by atoms with E-state index in [4.69, 9.17) is 9.84 Å². The number of hydrogen-bond acceptors (Lipinski definition) is 3. The van der Waals surface area contributed by atoms with E-state index in [-0.39, 0.29) is 18.3 Å². The molecule has 1 fully saturated rings. The van der Waals surface area contributed by atoms with Gasteiger partial charge in [0.05, 0.1) is 6.61 Å². The van der Waals surface area contributed by atoms with Crippen molar-refractivity contribution in [3.05, 3.63) is 30.1 Å². The maximum absolute atomic E-state index is 12.7. The minimum absolute atomic E-state index is 0.151. The number of nitrogens with zero attached hydrogens (tertiary/aromatic N) is 1. The van der Waals surface area contributed by atoms with Crippen LogP contribution in [0.1, 0.15) is 25.7 Å². The van der Waals surface area contributed by atoms with Crippen molar-refractivity contribution in [1.82, 2.24) is 4.90 Å². The zero-order valence-corrected chi connectivity index (χ0v) is 12.1. The van der Waals surface area contributed by atoms with Gasteiger partial charge in [-0.05, 0) is 49.4 Å². The Balaban J connectivity index is 1.62. The molecule has 4 nitrogen and oxygen atoms in total. The van der Waals surface area contributed by atoms with Crippen LogP contribution in [0.2, 0.25) is 0 Å². The second-order valence-corrected chi connectivity index (χ2v) is 5.41. The molecule has 0 bridgehead atoms. The predicted octanol–water partition coefficient (Wildman–Crippen LogP) is 2.22. The molecule has 0 spiro atoms. The van der Waals surface area contributed by atoms with Gasteiger partial charge in [0.15, 0.2) is 0 Å². The summed E-state index contributed by atoms with van der Waals surface area (Å²) in [7, 11) is 0. The topological polar surface area (TPSA) is 49.8 Å². The summed E-state index contributed by atoms with van der Waals surface area (Å²) >= 11 is 0. The summed E-state index contributed by atoms with van der Waals surface area (Å²) in [6, 6.07) is 5.87. The van der Waals surface area contributed by atoms with Gasteiger partial charge < -0.3 is 14.7 Å². The van der Waals surface area contributed by atoms with Crippen LogP contribution in [0.15, 0.2) is 24.3 Å².